The van der Waals surface area contributed by atoms with Crippen LogP contribution in [0, 0.1) is 0 Å². The summed E-state index contributed by atoms with van der Waals surface area (Å²) >= 11 is 0. The third kappa shape index (κ3) is 3.15. The van der Waals surface area contributed by atoms with Gasteiger partial charge in [0.15, 0.2) is 0 Å². The minimum absolute atomic E-state index is 0.102. The SMILES string of the molecule is CCCCN(CC)C1CCc2ccc(OC)cc2C1N. The third-order valence-corrected chi connectivity index (χ3v) is 4.51. The number of hydrogen-bond acceptors (Lipinski definition) is 3. The van der Waals surface area contributed by atoms with Gasteiger partial charge in [-0.3, -0.25) is 4.90 Å². The summed E-state index contributed by atoms with van der Waals surface area (Å²) in [5.74, 6) is 0.913. The van der Waals surface area contributed by atoms with E-state index in [1.807, 2.05) is 6.07 Å². The van der Waals surface area contributed by atoms with Crippen LogP contribution in [0.1, 0.15) is 50.3 Å². The first kappa shape index (κ1) is 15.3. The molecule has 0 heterocycles. The summed E-state index contributed by atoms with van der Waals surface area (Å²) in [6, 6.07) is 6.91. The molecular formula is C17H28N2O. The van der Waals surface area contributed by atoms with Crippen LogP contribution >= 0.6 is 0 Å². The van der Waals surface area contributed by atoms with Crippen LogP contribution in [0.2, 0.25) is 0 Å². The molecule has 0 radical (unpaired) electrons. The van der Waals surface area contributed by atoms with Gasteiger partial charge in [0.05, 0.1) is 7.11 Å². The fourth-order valence-corrected chi connectivity index (χ4v) is 3.26. The number of ether oxygens (including phenoxy) is 1. The van der Waals surface area contributed by atoms with Crippen molar-refractivity contribution in [1.29, 1.82) is 0 Å². The Hall–Kier alpha value is -1.06. The van der Waals surface area contributed by atoms with Gasteiger partial charge in [-0.05, 0) is 55.6 Å². The van der Waals surface area contributed by atoms with E-state index in [0.29, 0.717) is 6.04 Å². The molecule has 1 aliphatic carbocycles. The first-order chi connectivity index (χ1) is 9.71. The summed E-state index contributed by atoms with van der Waals surface area (Å²) in [5, 5.41) is 0. The number of benzene rings is 1. The van der Waals surface area contributed by atoms with Crippen molar-refractivity contribution >= 4 is 0 Å². The minimum atomic E-state index is 0.102. The number of nitrogens with zero attached hydrogens (tertiary/aromatic N) is 1. The van der Waals surface area contributed by atoms with Gasteiger partial charge in [-0.1, -0.05) is 26.3 Å². The van der Waals surface area contributed by atoms with Crippen molar-refractivity contribution in [3.8, 4) is 5.75 Å². The molecule has 0 fully saturated rings. The zero-order valence-electron chi connectivity index (χ0n) is 13.1. The Balaban J connectivity index is 2.18. The van der Waals surface area contributed by atoms with E-state index in [1.165, 1.54) is 24.0 Å². The van der Waals surface area contributed by atoms with E-state index in [4.69, 9.17) is 10.5 Å². The summed E-state index contributed by atoms with van der Waals surface area (Å²) in [7, 11) is 1.72. The maximum absolute atomic E-state index is 6.57. The van der Waals surface area contributed by atoms with Crippen molar-refractivity contribution in [2.24, 2.45) is 5.73 Å². The fraction of sp³-hybridized carbons (Fsp3) is 0.647. The van der Waals surface area contributed by atoms with Gasteiger partial charge in [-0.15, -0.1) is 0 Å². The highest BCUT2D eigenvalue weighted by Crippen LogP contribution is 2.33. The molecule has 0 saturated carbocycles. The molecule has 2 atom stereocenters. The Morgan fingerprint density at radius 3 is 2.80 bits per heavy atom. The Morgan fingerprint density at radius 2 is 2.15 bits per heavy atom. The van der Waals surface area contributed by atoms with Gasteiger partial charge >= 0.3 is 0 Å². The number of unbranched alkanes of at least 4 members (excludes halogenated alkanes) is 1. The van der Waals surface area contributed by atoms with E-state index in [-0.39, 0.29) is 6.04 Å². The van der Waals surface area contributed by atoms with Gasteiger partial charge in [0.25, 0.3) is 0 Å². The second kappa shape index (κ2) is 7.09. The van der Waals surface area contributed by atoms with Gasteiger partial charge in [-0.2, -0.15) is 0 Å². The topological polar surface area (TPSA) is 38.5 Å². The van der Waals surface area contributed by atoms with Crippen molar-refractivity contribution in [2.45, 2.75) is 51.6 Å². The summed E-state index contributed by atoms with van der Waals surface area (Å²) in [6.07, 6.45) is 4.78. The van der Waals surface area contributed by atoms with Crippen LogP contribution in [-0.2, 0) is 6.42 Å². The zero-order chi connectivity index (χ0) is 14.5. The molecule has 0 saturated heterocycles. The highest BCUT2D eigenvalue weighted by molar-refractivity contribution is 5.40. The fourth-order valence-electron chi connectivity index (χ4n) is 3.26. The van der Waals surface area contributed by atoms with Crippen LogP contribution in [0.15, 0.2) is 18.2 Å². The van der Waals surface area contributed by atoms with Crippen LogP contribution in [0.4, 0.5) is 0 Å². The molecule has 0 aromatic heterocycles. The Kier molecular flexibility index (Phi) is 5.44. The standard InChI is InChI=1S/C17H28N2O/c1-4-6-11-19(5-2)16-10-8-13-7-9-14(20-3)12-15(13)17(16)18/h7,9,12,16-17H,4-6,8,10-11,18H2,1-3H3. The summed E-state index contributed by atoms with van der Waals surface area (Å²) in [6.45, 7) is 6.72. The first-order valence-corrected chi connectivity index (χ1v) is 7.87. The Morgan fingerprint density at radius 1 is 1.35 bits per heavy atom. The molecule has 0 aliphatic heterocycles. The molecule has 3 nitrogen and oxygen atoms in total. The van der Waals surface area contributed by atoms with E-state index in [0.717, 1.165) is 31.7 Å². The van der Waals surface area contributed by atoms with Gasteiger partial charge < -0.3 is 10.5 Å². The van der Waals surface area contributed by atoms with E-state index >= 15 is 0 Å². The molecule has 3 heteroatoms. The summed E-state index contributed by atoms with van der Waals surface area (Å²) < 4.78 is 5.35. The number of likely N-dealkylation sites (N-methyl/N-ethyl adjacent to an activating group) is 1. The lowest BCUT2D eigenvalue weighted by atomic mass is 9.83. The van der Waals surface area contributed by atoms with E-state index in [1.54, 1.807) is 7.11 Å². The summed E-state index contributed by atoms with van der Waals surface area (Å²) in [5.41, 5.74) is 9.23. The van der Waals surface area contributed by atoms with E-state index in [9.17, 15) is 0 Å². The molecule has 1 aromatic carbocycles. The molecule has 112 valence electrons. The van der Waals surface area contributed by atoms with Crippen molar-refractivity contribution in [1.82, 2.24) is 4.90 Å². The molecule has 0 spiro atoms. The van der Waals surface area contributed by atoms with Crippen molar-refractivity contribution < 1.29 is 4.74 Å². The smallest absolute Gasteiger partial charge is 0.119 e. The average molecular weight is 276 g/mol. The van der Waals surface area contributed by atoms with E-state index < -0.39 is 0 Å². The molecule has 2 rings (SSSR count). The van der Waals surface area contributed by atoms with Crippen molar-refractivity contribution in [3.63, 3.8) is 0 Å². The highest BCUT2D eigenvalue weighted by atomic mass is 16.5. The van der Waals surface area contributed by atoms with Crippen LogP contribution in [0.3, 0.4) is 0 Å². The quantitative estimate of drug-likeness (QED) is 0.867. The second-order valence-corrected chi connectivity index (χ2v) is 5.68. The molecule has 1 aliphatic rings. The van der Waals surface area contributed by atoms with Gasteiger partial charge in [-0.25, -0.2) is 0 Å². The molecule has 1 aromatic rings. The van der Waals surface area contributed by atoms with Gasteiger partial charge in [0.2, 0.25) is 0 Å². The average Bonchev–Trinajstić information content (AvgIpc) is 2.49. The number of rotatable bonds is 6. The molecule has 0 amide bonds. The lowest BCUT2D eigenvalue weighted by molar-refractivity contribution is 0.160. The first-order valence-electron chi connectivity index (χ1n) is 7.87. The predicted octanol–water partition coefficient (Wildman–Crippen LogP) is 3.13. The van der Waals surface area contributed by atoms with Crippen molar-refractivity contribution in [2.75, 3.05) is 20.2 Å². The zero-order valence-corrected chi connectivity index (χ0v) is 13.1. The molecule has 2 N–H and O–H groups in total. The van der Waals surface area contributed by atoms with Crippen LogP contribution in [0.5, 0.6) is 5.75 Å². The van der Waals surface area contributed by atoms with Gasteiger partial charge in [0, 0.05) is 12.1 Å². The van der Waals surface area contributed by atoms with Gasteiger partial charge in [0.1, 0.15) is 5.75 Å². The van der Waals surface area contributed by atoms with Crippen LogP contribution in [-0.4, -0.2) is 31.1 Å². The number of methoxy groups -OCH3 is 1. The normalized spacial score (nSPS) is 21.9. The van der Waals surface area contributed by atoms with E-state index in [2.05, 4.69) is 30.9 Å². The number of aryl methyl sites for hydroxylation is 1. The summed E-state index contributed by atoms with van der Waals surface area (Å²) in [4.78, 5) is 2.55. The highest BCUT2D eigenvalue weighted by Gasteiger charge is 2.30. The Labute approximate surface area is 123 Å². The predicted molar refractivity (Wildman–Crippen MR) is 84.2 cm³/mol. The molecular weight excluding hydrogens is 248 g/mol. The molecule has 20 heavy (non-hydrogen) atoms. The van der Waals surface area contributed by atoms with Crippen LogP contribution in [0.25, 0.3) is 0 Å². The lowest BCUT2D eigenvalue weighted by Gasteiger charge is -2.39. The van der Waals surface area contributed by atoms with Crippen LogP contribution < -0.4 is 10.5 Å². The minimum Gasteiger partial charge on any atom is -0.497 e. The molecule has 2 unspecified atom stereocenters. The number of fused-ring (bicyclic) bond motifs is 1. The lowest BCUT2D eigenvalue weighted by Crippen LogP contribution is -2.45. The molecule has 0 bridgehead atoms. The third-order valence-electron chi connectivity index (χ3n) is 4.51. The monoisotopic (exact) mass is 276 g/mol. The maximum atomic E-state index is 6.57. The number of hydrogen-bond donors (Lipinski definition) is 1. The maximum Gasteiger partial charge on any atom is 0.119 e. The Bertz CT molecular complexity index is 433. The second-order valence-electron chi connectivity index (χ2n) is 5.68. The van der Waals surface area contributed by atoms with Crippen molar-refractivity contribution in [3.05, 3.63) is 29.3 Å². The number of nitrogens with two attached hydrogens (primary N) is 1. The largest absolute Gasteiger partial charge is 0.497 e.